The number of hydrogen-bond donors (Lipinski definition) is 1. The summed E-state index contributed by atoms with van der Waals surface area (Å²) >= 11 is 12.6. The van der Waals surface area contributed by atoms with E-state index < -0.39 is 33.3 Å². The van der Waals surface area contributed by atoms with Crippen molar-refractivity contribution in [3.05, 3.63) is 69.7 Å². The van der Waals surface area contributed by atoms with Crippen LogP contribution in [0.3, 0.4) is 0 Å². The molecule has 0 aromatic heterocycles. The van der Waals surface area contributed by atoms with Crippen LogP contribution in [-0.4, -0.2) is 47.3 Å². The van der Waals surface area contributed by atoms with E-state index >= 15 is 0 Å². The lowest BCUT2D eigenvalue weighted by Gasteiger charge is -2.52. The maximum atomic E-state index is 14.4. The number of carbonyl (C=O) groups excluding carboxylic acids is 1. The van der Waals surface area contributed by atoms with E-state index in [2.05, 4.69) is 0 Å². The Kier molecular flexibility index (Phi) is 7.57. The maximum Gasteiger partial charge on any atom is 0.304 e. The Hall–Kier alpha value is -2.09. The highest BCUT2D eigenvalue weighted by Crippen LogP contribution is 2.54. The average molecular weight is 579 g/mol. The SMILES string of the molecule is CC1(CC(=O)O)CC(c2cccc(Cl)c2)C(c2ccc(Cl)cc2)N(C(CS(=O)(=O)C2CCC2)C2CC2)C1=O. The fourth-order valence-corrected chi connectivity index (χ4v) is 8.83. The molecular weight excluding hydrogens is 545 g/mol. The van der Waals surface area contributed by atoms with Gasteiger partial charge in [0.1, 0.15) is 0 Å². The van der Waals surface area contributed by atoms with Gasteiger partial charge in [0, 0.05) is 22.0 Å². The molecule has 2 aromatic rings. The van der Waals surface area contributed by atoms with Crippen molar-refractivity contribution in [1.82, 2.24) is 4.90 Å². The minimum Gasteiger partial charge on any atom is -0.481 e. The van der Waals surface area contributed by atoms with Crippen molar-refractivity contribution >= 4 is 44.9 Å². The first-order valence-electron chi connectivity index (χ1n) is 13.3. The van der Waals surface area contributed by atoms with Gasteiger partial charge in [-0.05, 0) is 73.4 Å². The summed E-state index contributed by atoms with van der Waals surface area (Å²) in [5, 5.41) is 10.6. The smallest absolute Gasteiger partial charge is 0.304 e. The van der Waals surface area contributed by atoms with Crippen molar-refractivity contribution in [3.63, 3.8) is 0 Å². The van der Waals surface area contributed by atoms with E-state index in [1.165, 1.54) is 0 Å². The molecule has 0 bridgehead atoms. The topological polar surface area (TPSA) is 91.8 Å². The van der Waals surface area contributed by atoms with Gasteiger partial charge in [-0.3, -0.25) is 9.59 Å². The van der Waals surface area contributed by atoms with E-state index in [-0.39, 0.29) is 35.2 Å². The van der Waals surface area contributed by atoms with Crippen LogP contribution in [0.1, 0.15) is 75.0 Å². The first-order chi connectivity index (χ1) is 18.0. The number of halogens is 2. The molecule has 6 nitrogen and oxygen atoms in total. The van der Waals surface area contributed by atoms with Crippen LogP contribution >= 0.6 is 23.2 Å². The zero-order valence-electron chi connectivity index (χ0n) is 21.4. The van der Waals surface area contributed by atoms with E-state index in [4.69, 9.17) is 23.2 Å². The number of hydrogen-bond acceptors (Lipinski definition) is 4. The highest BCUT2D eigenvalue weighted by molar-refractivity contribution is 7.92. The second-order valence-corrected chi connectivity index (χ2v) is 14.7. The van der Waals surface area contributed by atoms with E-state index in [1.54, 1.807) is 30.0 Å². The summed E-state index contributed by atoms with van der Waals surface area (Å²) in [6.45, 7) is 1.70. The first kappa shape index (κ1) is 27.5. The van der Waals surface area contributed by atoms with Gasteiger partial charge in [0.2, 0.25) is 5.91 Å². The molecule has 9 heteroatoms. The van der Waals surface area contributed by atoms with E-state index in [1.807, 2.05) is 30.3 Å². The highest BCUT2D eigenvalue weighted by atomic mass is 35.5. The van der Waals surface area contributed by atoms with Gasteiger partial charge in [-0.1, -0.05) is 60.8 Å². The fourth-order valence-electron chi connectivity index (χ4n) is 6.27. The molecule has 0 radical (unpaired) electrons. The van der Waals surface area contributed by atoms with Crippen LogP contribution in [0.4, 0.5) is 0 Å². The lowest BCUT2D eigenvalue weighted by molar-refractivity contribution is -0.160. The number of carboxylic acid groups (broad SMARTS) is 1. The van der Waals surface area contributed by atoms with Crippen molar-refractivity contribution in [2.45, 2.75) is 75.1 Å². The molecule has 1 N–H and O–H groups in total. The third-order valence-electron chi connectivity index (χ3n) is 8.62. The molecule has 1 heterocycles. The van der Waals surface area contributed by atoms with Gasteiger partial charge < -0.3 is 10.0 Å². The largest absolute Gasteiger partial charge is 0.481 e. The minimum atomic E-state index is -3.41. The highest BCUT2D eigenvalue weighted by Gasteiger charge is 2.55. The third-order valence-corrected chi connectivity index (χ3v) is 11.4. The summed E-state index contributed by atoms with van der Waals surface area (Å²) < 4.78 is 26.9. The average Bonchev–Trinajstić information content (AvgIpc) is 3.63. The van der Waals surface area contributed by atoms with Crippen LogP contribution < -0.4 is 0 Å². The predicted octanol–water partition coefficient (Wildman–Crippen LogP) is 6.28. The van der Waals surface area contributed by atoms with Crippen LogP contribution in [-0.2, 0) is 19.4 Å². The Balaban J connectivity index is 1.67. The van der Waals surface area contributed by atoms with Crippen molar-refractivity contribution < 1.29 is 23.1 Å². The predicted molar refractivity (Wildman–Crippen MR) is 148 cm³/mol. The molecule has 204 valence electrons. The Bertz CT molecular complexity index is 1320. The zero-order chi connectivity index (χ0) is 27.2. The molecule has 1 amide bonds. The number of rotatable bonds is 9. The molecular formula is C29H33Cl2NO5S. The molecule has 2 aromatic carbocycles. The molecule has 38 heavy (non-hydrogen) atoms. The molecule has 2 aliphatic carbocycles. The molecule has 2 saturated carbocycles. The van der Waals surface area contributed by atoms with Crippen LogP contribution in [0.2, 0.25) is 10.0 Å². The van der Waals surface area contributed by atoms with Gasteiger partial charge in [0.15, 0.2) is 9.84 Å². The van der Waals surface area contributed by atoms with E-state index in [0.29, 0.717) is 29.3 Å². The Labute approximate surface area is 234 Å². The second kappa shape index (κ2) is 10.5. The Morgan fingerprint density at radius 2 is 1.74 bits per heavy atom. The van der Waals surface area contributed by atoms with Gasteiger partial charge in [0.05, 0.1) is 28.9 Å². The number of amides is 1. The number of benzene rings is 2. The molecule has 0 spiro atoms. The molecule has 3 fully saturated rings. The molecule has 4 atom stereocenters. The van der Waals surface area contributed by atoms with Crippen LogP contribution in [0.25, 0.3) is 0 Å². The molecule has 1 saturated heterocycles. The second-order valence-electron chi connectivity index (χ2n) is 11.5. The number of piperidine rings is 1. The molecule has 4 unspecified atom stereocenters. The van der Waals surface area contributed by atoms with Crippen LogP contribution in [0.15, 0.2) is 48.5 Å². The summed E-state index contributed by atoms with van der Waals surface area (Å²) in [4.78, 5) is 28.2. The quantitative estimate of drug-likeness (QED) is 0.378. The van der Waals surface area contributed by atoms with Crippen molar-refractivity contribution in [2.24, 2.45) is 11.3 Å². The minimum absolute atomic E-state index is 0.0655. The summed E-state index contributed by atoms with van der Waals surface area (Å²) in [5.41, 5.74) is 0.537. The summed E-state index contributed by atoms with van der Waals surface area (Å²) in [6.07, 6.45) is 3.89. The van der Waals surface area contributed by atoms with Crippen molar-refractivity contribution in [2.75, 3.05) is 5.75 Å². The normalized spacial score (nSPS) is 27.1. The number of nitrogens with zero attached hydrogens (tertiary/aromatic N) is 1. The summed E-state index contributed by atoms with van der Waals surface area (Å²) in [7, 11) is -3.41. The Morgan fingerprint density at radius 1 is 1.05 bits per heavy atom. The standard InChI is InChI=1S/C29H33Cl2NO5S/c1-29(16-26(33)34)15-24(20-4-2-5-22(31)14-20)27(19-10-12-21(30)13-11-19)32(28(29)35)25(18-8-9-18)17-38(36,37)23-6-3-7-23/h2,4-5,10-14,18,23-25,27H,3,6-9,15-17H2,1H3,(H,33,34). The van der Waals surface area contributed by atoms with Crippen molar-refractivity contribution in [1.29, 1.82) is 0 Å². The first-order valence-corrected chi connectivity index (χ1v) is 15.7. The number of likely N-dealkylation sites (tertiary alicyclic amines) is 1. The van der Waals surface area contributed by atoms with Gasteiger partial charge in [-0.2, -0.15) is 0 Å². The van der Waals surface area contributed by atoms with Crippen LogP contribution in [0, 0.1) is 11.3 Å². The fraction of sp³-hybridized carbons (Fsp3) is 0.517. The molecule has 1 aliphatic heterocycles. The van der Waals surface area contributed by atoms with Crippen molar-refractivity contribution in [3.8, 4) is 0 Å². The van der Waals surface area contributed by atoms with Gasteiger partial charge >= 0.3 is 5.97 Å². The van der Waals surface area contributed by atoms with E-state index in [9.17, 15) is 23.1 Å². The van der Waals surface area contributed by atoms with E-state index in [0.717, 1.165) is 30.4 Å². The third kappa shape index (κ3) is 5.47. The number of aliphatic carboxylic acids is 1. The molecule has 3 aliphatic rings. The number of carboxylic acids is 1. The summed E-state index contributed by atoms with van der Waals surface area (Å²) in [6, 6.07) is 13.8. The maximum absolute atomic E-state index is 14.4. The van der Waals surface area contributed by atoms with Gasteiger partial charge in [-0.25, -0.2) is 8.42 Å². The lowest BCUT2D eigenvalue weighted by atomic mass is 9.67. The number of carbonyl (C=O) groups is 2. The monoisotopic (exact) mass is 577 g/mol. The lowest BCUT2D eigenvalue weighted by Crippen LogP contribution is -2.58. The van der Waals surface area contributed by atoms with Gasteiger partial charge in [-0.15, -0.1) is 0 Å². The molecule has 5 rings (SSSR count). The number of sulfone groups is 1. The van der Waals surface area contributed by atoms with Crippen LogP contribution in [0.5, 0.6) is 0 Å². The summed E-state index contributed by atoms with van der Waals surface area (Å²) in [5.74, 6) is -1.66. The van der Waals surface area contributed by atoms with Gasteiger partial charge in [0.25, 0.3) is 0 Å². The zero-order valence-corrected chi connectivity index (χ0v) is 23.7. The Morgan fingerprint density at radius 3 is 2.29 bits per heavy atom.